The van der Waals surface area contributed by atoms with E-state index in [0.29, 0.717) is 11.1 Å². The SMILES string of the molecule is CC(C)c1ccc(-c2csc3ncnc(Nc4ccnc(Cl)c4)c23)cc1. The first-order chi connectivity index (χ1) is 12.6. The minimum Gasteiger partial charge on any atom is -0.339 e. The summed E-state index contributed by atoms with van der Waals surface area (Å²) < 4.78 is 0. The summed E-state index contributed by atoms with van der Waals surface area (Å²) in [6.07, 6.45) is 3.25. The predicted molar refractivity (Wildman–Crippen MR) is 109 cm³/mol. The zero-order valence-electron chi connectivity index (χ0n) is 14.4. The number of nitrogens with one attached hydrogen (secondary N) is 1. The van der Waals surface area contributed by atoms with Gasteiger partial charge < -0.3 is 5.32 Å². The van der Waals surface area contributed by atoms with E-state index < -0.39 is 0 Å². The molecule has 0 aliphatic heterocycles. The fraction of sp³-hybridized carbons (Fsp3) is 0.150. The van der Waals surface area contributed by atoms with Crippen molar-refractivity contribution < 1.29 is 0 Å². The Morgan fingerprint density at radius 1 is 1.04 bits per heavy atom. The van der Waals surface area contributed by atoms with Crippen molar-refractivity contribution in [1.82, 2.24) is 15.0 Å². The second-order valence-corrected chi connectivity index (χ2v) is 7.57. The van der Waals surface area contributed by atoms with Gasteiger partial charge in [0.15, 0.2) is 0 Å². The molecule has 4 nitrogen and oxygen atoms in total. The number of halogens is 1. The van der Waals surface area contributed by atoms with E-state index in [9.17, 15) is 0 Å². The van der Waals surface area contributed by atoms with Crippen LogP contribution >= 0.6 is 22.9 Å². The lowest BCUT2D eigenvalue weighted by molar-refractivity contribution is 0.867. The molecule has 0 fully saturated rings. The van der Waals surface area contributed by atoms with Crippen molar-refractivity contribution >= 4 is 44.7 Å². The van der Waals surface area contributed by atoms with Gasteiger partial charge in [0.2, 0.25) is 0 Å². The van der Waals surface area contributed by atoms with Crippen molar-refractivity contribution in [2.45, 2.75) is 19.8 Å². The second kappa shape index (κ2) is 7.02. The summed E-state index contributed by atoms with van der Waals surface area (Å²) in [5, 5.41) is 6.93. The van der Waals surface area contributed by atoms with Crippen LogP contribution in [0.5, 0.6) is 0 Å². The van der Waals surface area contributed by atoms with Crippen LogP contribution in [0.2, 0.25) is 5.15 Å². The standard InChI is InChI=1S/C20H17ClN4S/c1-12(2)13-3-5-14(6-4-13)16-10-26-20-18(16)19(23-11-24-20)25-15-7-8-22-17(21)9-15/h3-12H,1-2H3,(H,22,23,24,25). The minimum atomic E-state index is 0.440. The van der Waals surface area contributed by atoms with E-state index in [-0.39, 0.29) is 0 Å². The lowest BCUT2D eigenvalue weighted by Gasteiger charge is -2.10. The largest absolute Gasteiger partial charge is 0.339 e. The minimum absolute atomic E-state index is 0.440. The smallest absolute Gasteiger partial charge is 0.143 e. The van der Waals surface area contributed by atoms with Gasteiger partial charge in [-0.05, 0) is 29.2 Å². The summed E-state index contributed by atoms with van der Waals surface area (Å²) in [4.78, 5) is 13.8. The summed E-state index contributed by atoms with van der Waals surface area (Å²) in [5.74, 6) is 1.28. The van der Waals surface area contributed by atoms with Crippen LogP contribution in [-0.4, -0.2) is 15.0 Å². The summed E-state index contributed by atoms with van der Waals surface area (Å²) in [6.45, 7) is 4.40. The first-order valence-electron chi connectivity index (χ1n) is 8.33. The van der Waals surface area contributed by atoms with E-state index in [1.165, 1.54) is 5.56 Å². The predicted octanol–water partition coefficient (Wildman–Crippen LogP) is 6.27. The molecule has 0 aliphatic rings. The number of rotatable bonds is 4. The highest BCUT2D eigenvalue weighted by Crippen LogP contribution is 2.37. The molecular weight excluding hydrogens is 364 g/mol. The fourth-order valence-corrected chi connectivity index (χ4v) is 3.94. The molecule has 0 atom stereocenters. The van der Waals surface area contributed by atoms with E-state index in [4.69, 9.17) is 11.6 Å². The highest BCUT2D eigenvalue weighted by molar-refractivity contribution is 7.17. The summed E-state index contributed by atoms with van der Waals surface area (Å²) >= 11 is 7.61. The molecule has 0 spiro atoms. The van der Waals surface area contributed by atoms with Crippen LogP contribution in [-0.2, 0) is 0 Å². The van der Waals surface area contributed by atoms with Gasteiger partial charge >= 0.3 is 0 Å². The molecule has 26 heavy (non-hydrogen) atoms. The maximum absolute atomic E-state index is 5.99. The molecule has 0 amide bonds. The molecule has 0 aliphatic carbocycles. The van der Waals surface area contributed by atoms with Crippen LogP contribution in [0, 0.1) is 0 Å². The molecule has 0 saturated heterocycles. The van der Waals surface area contributed by atoms with Crippen molar-refractivity contribution in [3.05, 3.63) is 65.0 Å². The first-order valence-corrected chi connectivity index (χ1v) is 9.58. The molecule has 0 bridgehead atoms. The van der Waals surface area contributed by atoms with Crippen LogP contribution in [0.15, 0.2) is 54.3 Å². The van der Waals surface area contributed by atoms with Crippen molar-refractivity contribution in [3.8, 4) is 11.1 Å². The number of fused-ring (bicyclic) bond motifs is 1. The average Bonchev–Trinajstić information content (AvgIpc) is 3.07. The van der Waals surface area contributed by atoms with Gasteiger partial charge in [-0.2, -0.15) is 0 Å². The number of benzene rings is 1. The Morgan fingerprint density at radius 2 is 1.85 bits per heavy atom. The molecule has 1 aromatic carbocycles. The molecular formula is C20H17ClN4S. The molecule has 3 aromatic heterocycles. The van der Waals surface area contributed by atoms with Gasteiger partial charge in [0, 0.05) is 22.8 Å². The Labute approximate surface area is 160 Å². The van der Waals surface area contributed by atoms with Gasteiger partial charge in [0.1, 0.15) is 22.1 Å². The van der Waals surface area contributed by atoms with Crippen LogP contribution in [0.25, 0.3) is 21.3 Å². The Hall–Kier alpha value is -2.50. The number of hydrogen-bond acceptors (Lipinski definition) is 5. The number of aromatic nitrogens is 3. The Bertz CT molecular complexity index is 1060. The number of pyridine rings is 1. The van der Waals surface area contributed by atoms with Crippen LogP contribution in [0.3, 0.4) is 0 Å². The van der Waals surface area contributed by atoms with Crippen LogP contribution in [0.1, 0.15) is 25.3 Å². The Kier molecular flexibility index (Phi) is 4.57. The lowest BCUT2D eigenvalue weighted by atomic mass is 9.99. The molecule has 1 N–H and O–H groups in total. The maximum atomic E-state index is 5.99. The van der Waals surface area contributed by atoms with E-state index in [0.717, 1.165) is 32.8 Å². The molecule has 3 heterocycles. The first kappa shape index (κ1) is 16.9. The van der Waals surface area contributed by atoms with Gasteiger partial charge in [-0.3, -0.25) is 0 Å². The zero-order valence-corrected chi connectivity index (χ0v) is 16.0. The van der Waals surface area contributed by atoms with Crippen molar-refractivity contribution in [2.24, 2.45) is 0 Å². The average molecular weight is 381 g/mol. The zero-order chi connectivity index (χ0) is 18.1. The lowest BCUT2D eigenvalue weighted by Crippen LogP contribution is -1.96. The second-order valence-electron chi connectivity index (χ2n) is 6.32. The summed E-state index contributed by atoms with van der Waals surface area (Å²) in [6, 6.07) is 12.3. The number of hydrogen-bond donors (Lipinski definition) is 1. The third-order valence-corrected chi connectivity index (χ3v) is 5.34. The third-order valence-electron chi connectivity index (χ3n) is 4.25. The maximum Gasteiger partial charge on any atom is 0.143 e. The number of thiophene rings is 1. The fourth-order valence-electron chi connectivity index (χ4n) is 2.85. The van der Waals surface area contributed by atoms with E-state index in [1.807, 2.05) is 6.07 Å². The van der Waals surface area contributed by atoms with Gasteiger partial charge in [0.05, 0.1) is 5.39 Å². The molecule has 0 radical (unpaired) electrons. The monoisotopic (exact) mass is 380 g/mol. The van der Waals surface area contributed by atoms with E-state index >= 15 is 0 Å². The number of nitrogens with zero attached hydrogens (tertiary/aromatic N) is 3. The van der Waals surface area contributed by atoms with Crippen molar-refractivity contribution in [1.29, 1.82) is 0 Å². The van der Waals surface area contributed by atoms with Gasteiger partial charge in [-0.15, -0.1) is 11.3 Å². The van der Waals surface area contributed by atoms with E-state index in [1.54, 1.807) is 29.9 Å². The molecule has 4 aromatic rings. The normalized spacial score (nSPS) is 11.2. The molecule has 0 unspecified atom stereocenters. The van der Waals surface area contributed by atoms with Crippen LogP contribution < -0.4 is 5.32 Å². The van der Waals surface area contributed by atoms with Crippen molar-refractivity contribution in [3.63, 3.8) is 0 Å². The molecule has 130 valence electrons. The quantitative estimate of drug-likeness (QED) is 0.423. The van der Waals surface area contributed by atoms with Crippen molar-refractivity contribution in [2.75, 3.05) is 5.32 Å². The third kappa shape index (κ3) is 3.28. The topological polar surface area (TPSA) is 50.7 Å². The van der Waals surface area contributed by atoms with Gasteiger partial charge in [-0.25, -0.2) is 15.0 Å². The van der Waals surface area contributed by atoms with E-state index in [2.05, 4.69) is 63.8 Å². The summed E-state index contributed by atoms with van der Waals surface area (Å²) in [7, 11) is 0. The van der Waals surface area contributed by atoms with Gasteiger partial charge in [0.25, 0.3) is 0 Å². The highest BCUT2D eigenvalue weighted by atomic mass is 35.5. The molecule has 4 rings (SSSR count). The number of anilines is 2. The van der Waals surface area contributed by atoms with Gasteiger partial charge in [-0.1, -0.05) is 49.7 Å². The molecule has 6 heteroatoms. The Morgan fingerprint density at radius 3 is 2.58 bits per heavy atom. The summed E-state index contributed by atoms with van der Waals surface area (Å²) in [5.41, 5.74) is 4.46. The highest BCUT2D eigenvalue weighted by Gasteiger charge is 2.14. The molecule has 0 saturated carbocycles. The van der Waals surface area contributed by atoms with Crippen LogP contribution in [0.4, 0.5) is 11.5 Å². The Balaban J connectivity index is 1.79.